The van der Waals surface area contributed by atoms with Crippen LogP contribution in [-0.4, -0.2) is 19.9 Å². The Morgan fingerprint density at radius 2 is 0.447 bits per heavy atom. The molecule has 8 nitrogen and oxygen atoms in total. The number of benzene rings is 20. The summed E-state index contributed by atoms with van der Waals surface area (Å²) in [4.78, 5) is 31.3. The Bertz CT molecular complexity index is 9870. The molecule has 0 radical (unpaired) electrons. The molecule has 8 heterocycles. The van der Waals surface area contributed by atoms with E-state index in [9.17, 15) is 0 Å². The minimum absolute atomic E-state index is 0.288. The number of rotatable bonds is 11. The van der Waals surface area contributed by atoms with Crippen molar-refractivity contribution in [3.63, 3.8) is 0 Å². The van der Waals surface area contributed by atoms with E-state index in [1.165, 1.54) is 192 Å². The molecule has 0 fully saturated rings. The molecule has 6 aliphatic rings. The van der Waals surface area contributed by atoms with E-state index in [0.29, 0.717) is 0 Å². The third-order valence-electron chi connectivity index (χ3n) is 34.3. The van der Waals surface area contributed by atoms with E-state index in [2.05, 4.69) is 503 Å². The number of nitrogens with zero attached hydrogens (tertiary/aromatic N) is 8. The summed E-state index contributed by atoms with van der Waals surface area (Å²) < 4.78 is 4.74. The van der Waals surface area contributed by atoms with Crippen LogP contribution in [0.2, 0.25) is 0 Å². The molecule has 0 amide bonds. The molecule has 30 rings (SSSR count). The van der Waals surface area contributed by atoms with Crippen LogP contribution in [0.5, 0.6) is 0 Å². The van der Waals surface area contributed by atoms with E-state index in [1.807, 2.05) is 0 Å². The molecule has 0 unspecified atom stereocenters. The second-order valence-corrected chi connectivity index (χ2v) is 48.9. The lowest BCUT2D eigenvalue weighted by molar-refractivity contribution is 0.631. The first kappa shape index (κ1) is 88.9. The van der Waals surface area contributed by atoms with E-state index in [1.54, 1.807) is 45.3 Å². The summed E-state index contributed by atoms with van der Waals surface area (Å²) in [6.45, 7) is 29.1. The summed E-state index contributed by atoms with van der Waals surface area (Å²) in [6, 6.07) is 152. The third kappa shape index (κ3) is 13.0. The van der Waals surface area contributed by atoms with Gasteiger partial charge in [0.05, 0.1) is 97.7 Å². The molecule has 0 saturated carbocycles. The molecule has 12 heteroatoms. The van der Waals surface area contributed by atoms with Crippen molar-refractivity contribution in [2.24, 2.45) is 0 Å². The van der Waals surface area contributed by atoms with Crippen molar-refractivity contribution in [3.05, 3.63) is 467 Å². The third-order valence-corrected chi connectivity index (χ3v) is 38.7. The standard InChI is InChI=1S/C138H102N8S4/c1-133(2)97-33-17-23-39-113(97)143(116-64-54-83(69-103(116)133)79-45-49-81(50-46-79)129-139-109-36-20-26-42-123(109)147-129)89-59-61-91-92-62-60-90(76-102(92)137(9,10)101(91)75-89)144-117-65-55-84(80-47-51-82(52-48-80)130-140-110-37-21-27-43-124(110)148-130)70-104(117)136(7,8)100-63-53-86(74-122(100)144)85-58-68-126-112(73-85)142-132(150-126)88-57-67-119-106(72-88)135(5,6)99-35-19-25-41-115(99)146(119)121-78-108-128(96-32-16-14-30-94(96)121)127-95-31-15-13-29-93(95)120(77-107(127)138(108,11)12)145-114-40-24-18-34-98(114)134(3,4)105-71-87(56-66-118(105)145)131-141-111-38-22-28-44-125(111)149-131/h13-78H,1-12H3. The fourth-order valence-corrected chi connectivity index (χ4v) is 30.2. The second-order valence-electron chi connectivity index (χ2n) is 44.8. The number of para-hydroxylation sites is 6. The summed E-state index contributed by atoms with van der Waals surface area (Å²) in [5.41, 5.74) is 48.0. The van der Waals surface area contributed by atoms with Gasteiger partial charge in [0.1, 0.15) is 20.0 Å². The van der Waals surface area contributed by atoms with Crippen LogP contribution >= 0.6 is 45.3 Å². The van der Waals surface area contributed by atoms with Crippen LogP contribution in [0.3, 0.4) is 0 Å². The van der Waals surface area contributed by atoms with Gasteiger partial charge < -0.3 is 19.6 Å². The fraction of sp³-hybridized carbons (Fsp3) is 0.130. The molecule has 20 aromatic carbocycles. The highest BCUT2D eigenvalue weighted by Crippen LogP contribution is 2.66. The molecule has 0 atom stereocenters. The molecule has 0 saturated heterocycles. The first-order valence-electron chi connectivity index (χ1n) is 52.2. The largest absolute Gasteiger partial charge is 0.310 e. The lowest BCUT2D eigenvalue weighted by Gasteiger charge is -2.43. The van der Waals surface area contributed by atoms with Gasteiger partial charge in [0.15, 0.2) is 0 Å². The molecule has 2 aliphatic carbocycles. The van der Waals surface area contributed by atoms with Crippen LogP contribution in [0.1, 0.15) is 150 Å². The van der Waals surface area contributed by atoms with Gasteiger partial charge in [0, 0.05) is 76.9 Å². The summed E-state index contributed by atoms with van der Waals surface area (Å²) >= 11 is 7.03. The highest BCUT2D eigenvalue weighted by atomic mass is 32.1. The normalized spacial score (nSPS) is 15.5. The fourth-order valence-electron chi connectivity index (χ4n) is 26.3. The van der Waals surface area contributed by atoms with Gasteiger partial charge in [-0.15, -0.1) is 45.3 Å². The molecule has 24 aromatic rings. The van der Waals surface area contributed by atoms with Crippen molar-refractivity contribution < 1.29 is 0 Å². The Morgan fingerprint density at radius 3 is 0.873 bits per heavy atom. The maximum absolute atomic E-state index is 5.71. The average Bonchev–Trinajstić information content (AvgIpc) is 1.45. The van der Waals surface area contributed by atoms with E-state index >= 15 is 0 Å². The predicted molar refractivity (Wildman–Crippen MR) is 635 cm³/mol. The lowest BCUT2D eigenvalue weighted by atomic mass is 9.72. The quantitative estimate of drug-likeness (QED) is 0.127. The molecule has 0 N–H and O–H groups in total. The van der Waals surface area contributed by atoms with Gasteiger partial charge in [-0.1, -0.05) is 314 Å². The molecule has 150 heavy (non-hydrogen) atoms. The van der Waals surface area contributed by atoms with Crippen LogP contribution < -0.4 is 19.6 Å². The van der Waals surface area contributed by atoms with E-state index in [0.717, 1.165) is 103 Å². The summed E-state index contributed by atoms with van der Waals surface area (Å²) in [5.74, 6) is 0. The zero-order chi connectivity index (χ0) is 101. The topological polar surface area (TPSA) is 64.5 Å². The van der Waals surface area contributed by atoms with E-state index in [-0.39, 0.29) is 21.7 Å². The van der Waals surface area contributed by atoms with Gasteiger partial charge in [-0.3, -0.25) is 0 Å². The number of hydrogen-bond acceptors (Lipinski definition) is 12. The van der Waals surface area contributed by atoms with Gasteiger partial charge in [0.2, 0.25) is 0 Å². The second kappa shape index (κ2) is 32.1. The average molecular weight is 2000 g/mol. The van der Waals surface area contributed by atoms with Gasteiger partial charge in [-0.2, -0.15) is 0 Å². The van der Waals surface area contributed by atoms with Crippen molar-refractivity contribution in [3.8, 4) is 97.9 Å². The number of thiazole rings is 4. The van der Waals surface area contributed by atoms with Crippen molar-refractivity contribution >= 4 is 176 Å². The van der Waals surface area contributed by atoms with E-state index < -0.39 is 10.8 Å². The Balaban J connectivity index is 0.501. The number of hydrogen-bond donors (Lipinski definition) is 0. The predicted octanol–water partition coefficient (Wildman–Crippen LogP) is 39.1. The Labute approximate surface area is 889 Å². The highest BCUT2D eigenvalue weighted by molar-refractivity contribution is 7.22. The van der Waals surface area contributed by atoms with Crippen LogP contribution in [0, 0.1) is 0 Å². The van der Waals surface area contributed by atoms with Crippen molar-refractivity contribution in [1.82, 2.24) is 19.9 Å². The zero-order valence-electron chi connectivity index (χ0n) is 85.3. The first-order valence-corrected chi connectivity index (χ1v) is 55.4. The first-order chi connectivity index (χ1) is 72.8. The molecule has 0 bridgehead atoms. The highest BCUT2D eigenvalue weighted by Gasteiger charge is 2.48. The van der Waals surface area contributed by atoms with Crippen LogP contribution in [0.4, 0.5) is 68.2 Å². The molecule has 0 spiro atoms. The molecular formula is C138H102N8S4. The molecule has 4 aliphatic heterocycles. The SMILES string of the molecule is CC1(C)c2cc(N3c4ccccc4C(C)(C)c4cc(-c5ccc(-c6nc7ccccc7s6)cc5)ccc43)ccc2-c2ccc(N3c4cc(-c5ccc6sc(-c7ccc8c(c7)C(C)(C)c7ccccc7N8c7cc8c(c9ccccc79)-c7c(cc(N9c%10ccccc%10C(C)(C)c%10cc(-c%11nc%12ccccc%12s%11)ccc%109)c9ccccc79)C8(C)C)nc6c5)ccc4C(C)(C)c4cc(-c5ccc(-c6nc7ccccc7s6)cc5)ccc43)cc21. The summed E-state index contributed by atoms with van der Waals surface area (Å²) in [7, 11) is 0. The minimum atomic E-state index is -0.434. The number of aromatic nitrogens is 4. The van der Waals surface area contributed by atoms with Crippen LogP contribution in [-0.2, 0) is 32.5 Å². The van der Waals surface area contributed by atoms with Crippen molar-refractivity contribution in [1.29, 1.82) is 0 Å². The van der Waals surface area contributed by atoms with Gasteiger partial charge in [0.25, 0.3) is 0 Å². The van der Waals surface area contributed by atoms with Crippen LogP contribution in [0.25, 0.3) is 160 Å². The Morgan fingerprint density at radius 1 is 0.167 bits per heavy atom. The van der Waals surface area contributed by atoms with Gasteiger partial charge >= 0.3 is 0 Å². The maximum Gasteiger partial charge on any atom is 0.124 e. The summed E-state index contributed by atoms with van der Waals surface area (Å²) in [6.07, 6.45) is 0. The maximum atomic E-state index is 5.71. The minimum Gasteiger partial charge on any atom is -0.310 e. The summed E-state index contributed by atoms with van der Waals surface area (Å²) in [5, 5.41) is 9.02. The molecular weight excluding hydrogens is 1900 g/mol. The number of anilines is 12. The van der Waals surface area contributed by atoms with E-state index in [4.69, 9.17) is 19.9 Å². The Kier molecular flexibility index (Phi) is 19.0. The van der Waals surface area contributed by atoms with Gasteiger partial charge in [-0.05, 0) is 303 Å². The van der Waals surface area contributed by atoms with Crippen LogP contribution in [0.15, 0.2) is 400 Å². The van der Waals surface area contributed by atoms with Crippen molar-refractivity contribution in [2.45, 2.75) is 116 Å². The zero-order valence-corrected chi connectivity index (χ0v) is 88.6. The monoisotopic (exact) mass is 2000 g/mol. The van der Waals surface area contributed by atoms with Crippen molar-refractivity contribution in [2.75, 3.05) is 19.6 Å². The molecule has 718 valence electrons. The lowest BCUT2D eigenvalue weighted by Crippen LogP contribution is -2.31. The smallest absolute Gasteiger partial charge is 0.124 e. The van der Waals surface area contributed by atoms with Gasteiger partial charge in [-0.25, -0.2) is 19.9 Å². The molecule has 4 aromatic heterocycles. The Hall–Kier alpha value is -16.3. The number of fused-ring (bicyclic) bond motifs is 22.